The average molecular weight is 353 g/mol. The number of hydrogen-bond donors (Lipinski definition) is 3. The topological polar surface area (TPSA) is 92.8 Å². The molecule has 1 aromatic rings. The van der Waals surface area contributed by atoms with Gasteiger partial charge in [0.25, 0.3) is 0 Å². The van der Waals surface area contributed by atoms with Crippen LogP contribution in [0.1, 0.15) is 18.9 Å². The molecule has 0 radical (unpaired) electrons. The molecule has 0 spiro atoms. The van der Waals surface area contributed by atoms with Gasteiger partial charge >= 0.3 is 0 Å². The number of rotatable bonds is 4. The maximum absolute atomic E-state index is 13.3. The van der Waals surface area contributed by atoms with Gasteiger partial charge in [-0.05, 0) is 18.1 Å². The highest BCUT2D eigenvalue weighted by Crippen LogP contribution is 2.36. The largest absolute Gasteiger partial charge is 0.507 e. The van der Waals surface area contributed by atoms with E-state index in [2.05, 4.69) is 0 Å². The molecule has 0 bridgehead atoms. The Labute approximate surface area is 152 Å². The number of nitrogens with two attached hydrogens (primary N) is 1. The van der Waals surface area contributed by atoms with Gasteiger partial charge in [-0.3, -0.25) is 4.79 Å². The summed E-state index contributed by atoms with van der Waals surface area (Å²) in [5, 5.41) is 20.7. The molecule has 26 heavy (non-hydrogen) atoms. The molecule has 1 aromatic carbocycles. The van der Waals surface area contributed by atoms with Gasteiger partial charge in [0.1, 0.15) is 11.5 Å². The fourth-order valence-corrected chi connectivity index (χ4v) is 3.46. The fraction of sp³-hybridized carbons (Fsp3) is 0.286. The summed E-state index contributed by atoms with van der Waals surface area (Å²) >= 11 is 0. The van der Waals surface area contributed by atoms with Crippen LogP contribution >= 0.6 is 0 Å². The summed E-state index contributed by atoms with van der Waals surface area (Å²) in [7, 11) is 1.46. The third kappa shape index (κ3) is 3.23. The van der Waals surface area contributed by atoms with Crippen molar-refractivity contribution < 1.29 is 19.7 Å². The highest BCUT2D eigenvalue weighted by Gasteiger charge is 2.39. The maximum atomic E-state index is 13.3. The summed E-state index contributed by atoms with van der Waals surface area (Å²) in [6, 6.07) is 9.01. The molecule has 0 saturated heterocycles. The van der Waals surface area contributed by atoms with E-state index in [0.29, 0.717) is 5.76 Å². The molecular weight excluding hydrogens is 330 g/mol. The lowest BCUT2D eigenvalue weighted by Gasteiger charge is -2.32. The first-order valence-corrected chi connectivity index (χ1v) is 8.53. The zero-order chi connectivity index (χ0) is 18.8. The third-order valence-corrected chi connectivity index (χ3v) is 4.96. The lowest BCUT2D eigenvalue weighted by Crippen LogP contribution is -2.41. The van der Waals surface area contributed by atoms with Crippen LogP contribution in [0.2, 0.25) is 0 Å². The van der Waals surface area contributed by atoms with Crippen molar-refractivity contribution in [3.05, 3.63) is 76.8 Å². The van der Waals surface area contributed by atoms with E-state index < -0.39 is 18.1 Å². The van der Waals surface area contributed by atoms with Crippen LogP contribution in [0.3, 0.4) is 0 Å². The summed E-state index contributed by atoms with van der Waals surface area (Å²) < 4.78 is 5.08. The van der Waals surface area contributed by atoms with Gasteiger partial charge in [0.05, 0.1) is 24.7 Å². The molecule has 5 nitrogen and oxygen atoms in total. The number of benzene rings is 1. The zero-order valence-electron chi connectivity index (χ0n) is 14.8. The van der Waals surface area contributed by atoms with E-state index in [-0.39, 0.29) is 23.5 Å². The molecular formula is C21H23NO4. The number of methoxy groups -OCH3 is 1. The van der Waals surface area contributed by atoms with Crippen molar-refractivity contribution in [2.24, 2.45) is 11.7 Å². The summed E-state index contributed by atoms with van der Waals surface area (Å²) in [5.74, 6) is -0.880. The second-order valence-corrected chi connectivity index (χ2v) is 6.60. The molecule has 136 valence electrons. The average Bonchev–Trinajstić information content (AvgIpc) is 2.63. The SMILES string of the molecule is COC1=CC(O)=C(C(=O)[C@H]2C(c3ccccc3)=CC=C(C)[C@H]2N)C(O)C1. The number of hydrogen-bond acceptors (Lipinski definition) is 5. The molecule has 5 heteroatoms. The number of ether oxygens (including phenoxy) is 1. The quantitative estimate of drug-likeness (QED) is 0.774. The number of aliphatic hydroxyl groups excluding tert-OH is 2. The van der Waals surface area contributed by atoms with Crippen molar-refractivity contribution in [2.45, 2.75) is 25.5 Å². The Morgan fingerprint density at radius 1 is 1.23 bits per heavy atom. The van der Waals surface area contributed by atoms with Gasteiger partial charge in [-0.15, -0.1) is 0 Å². The molecule has 0 heterocycles. The van der Waals surface area contributed by atoms with Gasteiger partial charge < -0.3 is 20.7 Å². The first-order valence-electron chi connectivity index (χ1n) is 8.53. The number of aliphatic hydroxyl groups is 2. The van der Waals surface area contributed by atoms with Crippen LogP contribution in [0.25, 0.3) is 5.57 Å². The van der Waals surface area contributed by atoms with E-state index in [1.807, 2.05) is 49.4 Å². The predicted octanol–water partition coefficient (Wildman–Crippen LogP) is 2.65. The molecule has 2 aliphatic carbocycles. The van der Waals surface area contributed by atoms with Crippen LogP contribution in [0.4, 0.5) is 0 Å². The van der Waals surface area contributed by atoms with Crippen LogP contribution in [0, 0.1) is 5.92 Å². The number of Topliss-reactive ketones (excluding diaryl/α,β-unsaturated/α-hetero) is 1. The molecule has 4 N–H and O–H groups in total. The van der Waals surface area contributed by atoms with Gasteiger partial charge in [0.15, 0.2) is 5.78 Å². The zero-order valence-corrected chi connectivity index (χ0v) is 14.8. The van der Waals surface area contributed by atoms with E-state index in [9.17, 15) is 15.0 Å². The lowest BCUT2D eigenvalue weighted by molar-refractivity contribution is -0.119. The monoisotopic (exact) mass is 353 g/mol. The van der Waals surface area contributed by atoms with E-state index in [0.717, 1.165) is 16.7 Å². The Morgan fingerprint density at radius 2 is 1.92 bits per heavy atom. The van der Waals surface area contributed by atoms with Crippen molar-refractivity contribution in [3.63, 3.8) is 0 Å². The van der Waals surface area contributed by atoms with Crippen LogP contribution in [-0.2, 0) is 9.53 Å². The first kappa shape index (κ1) is 18.2. The molecule has 2 aliphatic rings. The van der Waals surface area contributed by atoms with Gasteiger partial charge in [0, 0.05) is 18.5 Å². The summed E-state index contributed by atoms with van der Waals surface area (Å²) in [6.45, 7) is 1.87. The number of allylic oxidation sites excluding steroid dienone is 3. The minimum absolute atomic E-state index is 0.0113. The van der Waals surface area contributed by atoms with Crippen LogP contribution in [0.5, 0.6) is 0 Å². The molecule has 3 atom stereocenters. The molecule has 3 rings (SSSR count). The van der Waals surface area contributed by atoms with Gasteiger partial charge in [-0.25, -0.2) is 0 Å². The van der Waals surface area contributed by atoms with E-state index in [4.69, 9.17) is 10.5 Å². The van der Waals surface area contributed by atoms with Crippen molar-refractivity contribution in [3.8, 4) is 0 Å². The Morgan fingerprint density at radius 3 is 2.54 bits per heavy atom. The van der Waals surface area contributed by atoms with Crippen molar-refractivity contribution in [1.82, 2.24) is 0 Å². The van der Waals surface area contributed by atoms with Crippen LogP contribution < -0.4 is 5.73 Å². The van der Waals surface area contributed by atoms with Crippen LogP contribution in [0.15, 0.2) is 71.2 Å². The Bertz CT molecular complexity index is 833. The van der Waals surface area contributed by atoms with E-state index in [1.165, 1.54) is 13.2 Å². The predicted molar refractivity (Wildman–Crippen MR) is 100 cm³/mol. The molecule has 0 fully saturated rings. The number of carbonyl (C=O) groups is 1. The van der Waals surface area contributed by atoms with E-state index in [1.54, 1.807) is 0 Å². The lowest BCUT2D eigenvalue weighted by atomic mass is 9.74. The molecule has 1 unspecified atom stereocenters. The molecule has 0 aromatic heterocycles. The smallest absolute Gasteiger partial charge is 0.174 e. The second-order valence-electron chi connectivity index (χ2n) is 6.60. The summed E-state index contributed by atoms with van der Waals surface area (Å²) in [4.78, 5) is 13.3. The molecule has 0 saturated carbocycles. The van der Waals surface area contributed by atoms with Gasteiger partial charge in [-0.2, -0.15) is 0 Å². The molecule has 0 amide bonds. The van der Waals surface area contributed by atoms with Gasteiger partial charge in [0.2, 0.25) is 0 Å². The Balaban J connectivity index is 2.05. The summed E-state index contributed by atoms with van der Waals surface area (Å²) in [5.41, 5.74) is 8.88. The minimum atomic E-state index is -1.13. The first-order chi connectivity index (χ1) is 12.4. The minimum Gasteiger partial charge on any atom is -0.507 e. The van der Waals surface area contributed by atoms with Crippen LogP contribution in [-0.4, -0.2) is 35.3 Å². The fourth-order valence-electron chi connectivity index (χ4n) is 3.46. The standard InChI is InChI=1S/C21H23NO4/c1-12-8-9-15(13-6-4-3-5-7-13)18(20(12)22)21(25)19-16(23)10-14(26-2)11-17(19)24/h3-10,17-18,20,23-24H,11,22H2,1-2H3/t17?,18-,20+/m0/s1. The highest BCUT2D eigenvalue weighted by molar-refractivity contribution is 6.07. The van der Waals surface area contributed by atoms with E-state index >= 15 is 0 Å². The van der Waals surface area contributed by atoms with Crippen molar-refractivity contribution >= 4 is 11.4 Å². The van der Waals surface area contributed by atoms with Crippen molar-refractivity contribution in [2.75, 3.05) is 7.11 Å². The normalized spacial score (nSPS) is 26.0. The maximum Gasteiger partial charge on any atom is 0.174 e. The Kier molecular flexibility index (Phi) is 5.11. The van der Waals surface area contributed by atoms with Gasteiger partial charge in [-0.1, -0.05) is 48.1 Å². The van der Waals surface area contributed by atoms with Crippen molar-refractivity contribution in [1.29, 1.82) is 0 Å². The molecule has 0 aliphatic heterocycles. The second kappa shape index (κ2) is 7.32. The Hall–Kier alpha value is -2.63. The highest BCUT2D eigenvalue weighted by atomic mass is 16.5. The number of carbonyl (C=O) groups excluding carboxylic acids is 1. The summed E-state index contributed by atoms with van der Waals surface area (Å²) in [6.07, 6.45) is 4.19. The third-order valence-electron chi connectivity index (χ3n) is 4.96. The number of ketones is 1.